The van der Waals surface area contributed by atoms with Gasteiger partial charge in [0, 0.05) is 27.4 Å². The Morgan fingerprint density at radius 2 is 2.20 bits per heavy atom. The molecule has 0 spiro atoms. The molecule has 0 bridgehead atoms. The molecule has 2 nitrogen and oxygen atoms in total. The first-order valence-electron chi connectivity index (χ1n) is 6.83. The predicted molar refractivity (Wildman–Crippen MR) is 89.8 cm³/mol. The number of hydrogen-bond donors (Lipinski definition) is 1. The van der Waals surface area contributed by atoms with Crippen LogP contribution in [0.1, 0.15) is 29.8 Å². The standard InChI is InChI=1S/C16H20BrNOS/c1-3-8-18-15(11-13-5-4-9-20-13)14-7-6-12(17)10-16(14)19-2/h4-7,9-10,15,18H,3,8,11H2,1-2H3. The fourth-order valence-corrected chi connectivity index (χ4v) is 3.31. The summed E-state index contributed by atoms with van der Waals surface area (Å²) in [5.74, 6) is 0.935. The highest BCUT2D eigenvalue weighted by atomic mass is 79.9. The molecule has 0 amide bonds. The molecule has 2 rings (SSSR count). The molecule has 1 unspecified atom stereocenters. The normalized spacial score (nSPS) is 12.3. The first kappa shape index (κ1) is 15.5. The highest BCUT2D eigenvalue weighted by molar-refractivity contribution is 9.10. The highest BCUT2D eigenvalue weighted by Crippen LogP contribution is 2.31. The topological polar surface area (TPSA) is 21.3 Å². The van der Waals surface area contributed by atoms with E-state index in [0.717, 1.165) is 29.6 Å². The molecule has 1 aromatic carbocycles. The number of methoxy groups -OCH3 is 1. The zero-order valence-electron chi connectivity index (χ0n) is 11.9. The molecule has 0 aliphatic heterocycles. The van der Waals surface area contributed by atoms with Gasteiger partial charge in [-0.15, -0.1) is 11.3 Å². The maximum atomic E-state index is 5.54. The molecule has 1 heterocycles. The second-order valence-electron chi connectivity index (χ2n) is 4.68. The Balaban J connectivity index is 2.25. The number of ether oxygens (including phenoxy) is 1. The number of rotatable bonds is 7. The Hall–Kier alpha value is -0.840. The van der Waals surface area contributed by atoms with Gasteiger partial charge in [-0.2, -0.15) is 0 Å². The number of nitrogens with one attached hydrogen (secondary N) is 1. The number of halogens is 1. The van der Waals surface area contributed by atoms with Crippen molar-refractivity contribution >= 4 is 27.3 Å². The van der Waals surface area contributed by atoms with Crippen LogP contribution in [0.15, 0.2) is 40.2 Å². The summed E-state index contributed by atoms with van der Waals surface area (Å²) in [5.41, 5.74) is 1.22. The van der Waals surface area contributed by atoms with Crippen LogP contribution in [0, 0.1) is 0 Å². The van der Waals surface area contributed by atoms with Crippen LogP contribution in [0.25, 0.3) is 0 Å². The van der Waals surface area contributed by atoms with Crippen molar-refractivity contribution in [2.75, 3.05) is 13.7 Å². The smallest absolute Gasteiger partial charge is 0.124 e. The monoisotopic (exact) mass is 353 g/mol. The van der Waals surface area contributed by atoms with Crippen molar-refractivity contribution in [1.29, 1.82) is 0 Å². The van der Waals surface area contributed by atoms with E-state index in [9.17, 15) is 0 Å². The molecule has 0 aliphatic rings. The summed E-state index contributed by atoms with van der Waals surface area (Å²) in [7, 11) is 1.73. The Morgan fingerprint density at radius 3 is 2.85 bits per heavy atom. The van der Waals surface area contributed by atoms with Crippen molar-refractivity contribution in [3.8, 4) is 5.75 Å². The van der Waals surface area contributed by atoms with E-state index in [1.165, 1.54) is 10.4 Å². The summed E-state index contributed by atoms with van der Waals surface area (Å²) in [5, 5.41) is 5.76. The Labute approximate surface area is 133 Å². The number of hydrogen-bond acceptors (Lipinski definition) is 3. The van der Waals surface area contributed by atoms with Gasteiger partial charge >= 0.3 is 0 Å². The van der Waals surface area contributed by atoms with E-state index >= 15 is 0 Å². The van der Waals surface area contributed by atoms with Crippen molar-refractivity contribution in [2.45, 2.75) is 25.8 Å². The van der Waals surface area contributed by atoms with Crippen molar-refractivity contribution < 1.29 is 4.74 Å². The molecule has 2 aromatic rings. The molecule has 0 aliphatic carbocycles. The second kappa shape index (κ2) is 7.81. The van der Waals surface area contributed by atoms with Crippen LogP contribution in [-0.2, 0) is 6.42 Å². The van der Waals surface area contributed by atoms with E-state index in [4.69, 9.17) is 4.74 Å². The quantitative estimate of drug-likeness (QED) is 0.771. The van der Waals surface area contributed by atoms with Crippen LogP contribution >= 0.6 is 27.3 Å². The molecule has 1 N–H and O–H groups in total. The van der Waals surface area contributed by atoms with Gasteiger partial charge in [-0.1, -0.05) is 35.0 Å². The van der Waals surface area contributed by atoms with Gasteiger partial charge in [0.25, 0.3) is 0 Å². The molecular formula is C16H20BrNOS. The van der Waals surface area contributed by atoms with Crippen LogP contribution in [0.3, 0.4) is 0 Å². The lowest BCUT2D eigenvalue weighted by Gasteiger charge is -2.21. The van der Waals surface area contributed by atoms with Crippen molar-refractivity contribution in [2.24, 2.45) is 0 Å². The molecule has 0 fully saturated rings. The van der Waals surface area contributed by atoms with E-state index in [-0.39, 0.29) is 6.04 Å². The van der Waals surface area contributed by atoms with Gasteiger partial charge in [0.1, 0.15) is 5.75 Å². The SMILES string of the molecule is CCCNC(Cc1cccs1)c1ccc(Br)cc1OC. The van der Waals surface area contributed by atoms with Gasteiger partial charge < -0.3 is 10.1 Å². The van der Waals surface area contributed by atoms with Crippen LogP contribution < -0.4 is 10.1 Å². The van der Waals surface area contributed by atoms with Gasteiger partial charge in [0.2, 0.25) is 0 Å². The van der Waals surface area contributed by atoms with Crippen LogP contribution in [0.4, 0.5) is 0 Å². The molecule has 0 saturated carbocycles. The Kier molecular flexibility index (Phi) is 6.07. The first-order valence-corrected chi connectivity index (χ1v) is 8.51. The zero-order valence-corrected chi connectivity index (χ0v) is 14.3. The molecule has 108 valence electrons. The summed E-state index contributed by atoms with van der Waals surface area (Å²) in [6.07, 6.45) is 2.12. The van der Waals surface area contributed by atoms with Crippen LogP contribution in [0.2, 0.25) is 0 Å². The molecule has 1 aromatic heterocycles. The summed E-state index contributed by atoms with van der Waals surface area (Å²) < 4.78 is 6.58. The Bertz CT molecular complexity index is 527. The van der Waals surface area contributed by atoms with Crippen molar-refractivity contribution in [3.63, 3.8) is 0 Å². The van der Waals surface area contributed by atoms with Crippen molar-refractivity contribution in [1.82, 2.24) is 5.32 Å². The van der Waals surface area contributed by atoms with E-state index in [1.54, 1.807) is 18.4 Å². The molecule has 0 saturated heterocycles. The third kappa shape index (κ3) is 4.08. The minimum absolute atomic E-state index is 0.289. The van der Waals surface area contributed by atoms with Crippen molar-refractivity contribution in [3.05, 3.63) is 50.6 Å². The molecular weight excluding hydrogens is 334 g/mol. The lowest BCUT2D eigenvalue weighted by atomic mass is 10.0. The van der Waals surface area contributed by atoms with E-state index < -0.39 is 0 Å². The van der Waals surface area contributed by atoms with Crippen LogP contribution in [0.5, 0.6) is 5.75 Å². The molecule has 20 heavy (non-hydrogen) atoms. The summed E-state index contributed by atoms with van der Waals surface area (Å²) in [6, 6.07) is 10.8. The molecule has 4 heteroatoms. The highest BCUT2D eigenvalue weighted by Gasteiger charge is 2.16. The van der Waals surface area contributed by atoms with Gasteiger partial charge in [0.05, 0.1) is 7.11 Å². The minimum atomic E-state index is 0.289. The van der Waals surface area contributed by atoms with E-state index in [2.05, 4.69) is 57.8 Å². The predicted octanol–water partition coefficient (Wildman–Crippen LogP) is 4.80. The maximum Gasteiger partial charge on any atom is 0.124 e. The largest absolute Gasteiger partial charge is 0.496 e. The van der Waals surface area contributed by atoms with Gasteiger partial charge in [-0.25, -0.2) is 0 Å². The Morgan fingerprint density at radius 1 is 1.35 bits per heavy atom. The van der Waals surface area contributed by atoms with Gasteiger partial charge in [-0.05, 0) is 36.5 Å². The summed E-state index contributed by atoms with van der Waals surface area (Å²) in [6.45, 7) is 3.20. The molecule has 1 atom stereocenters. The van der Waals surface area contributed by atoms with E-state index in [1.807, 2.05) is 6.07 Å². The summed E-state index contributed by atoms with van der Waals surface area (Å²) >= 11 is 5.31. The molecule has 0 radical (unpaired) electrons. The lowest BCUT2D eigenvalue weighted by molar-refractivity contribution is 0.398. The lowest BCUT2D eigenvalue weighted by Crippen LogP contribution is -2.24. The zero-order chi connectivity index (χ0) is 14.4. The first-order chi connectivity index (χ1) is 9.74. The third-order valence-corrected chi connectivity index (χ3v) is 4.59. The van der Waals surface area contributed by atoms with Gasteiger partial charge in [-0.3, -0.25) is 0 Å². The van der Waals surface area contributed by atoms with E-state index in [0.29, 0.717) is 0 Å². The van der Waals surface area contributed by atoms with Crippen LogP contribution in [-0.4, -0.2) is 13.7 Å². The fraction of sp³-hybridized carbons (Fsp3) is 0.375. The second-order valence-corrected chi connectivity index (χ2v) is 6.62. The fourth-order valence-electron chi connectivity index (χ4n) is 2.21. The average Bonchev–Trinajstić information content (AvgIpc) is 2.96. The average molecular weight is 354 g/mol. The van der Waals surface area contributed by atoms with Gasteiger partial charge in [0.15, 0.2) is 0 Å². The third-order valence-electron chi connectivity index (χ3n) is 3.20. The number of thiophene rings is 1. The minimum Gasteiger partial charge on any atom is -0.496 e. The maximum absolute atomic E-state index is 5.54. The summed E-state index contributed by atoms with van der Waals surface area (Å²) in [4.78, 5) is 1.39. The number of benzene rings is 1.